The van der Waals surface area contributed by atoms with Crippen LogP contribution in [-0.4, -0.2) is 48.2 Å². The minimum Gasteiger partial charge on any atom is -0.391 e. The SMILES string of the molecule is CCCc1nc(N2CCN(C)CC2)sc1CO. The van der Waals surface area contributed by atoms with Crippen LogP contribution in [0.4, 0.5) is 5.13 Å². The lowest BCUT2D eigenvalue weighted by atomic mass is 10.2. The standard InChI is InChI=1S/C12H21N3OS/c1-3-4-10-11(9-16)17-12(13-10)15-7-5-14(2)6-8-15/h16H,3-9H2,1-2H3. The molecule has 96 valence electrons. The summed E-state index contributed by atoms with van der Waals surface area (Å²) in [6.07, 6.45) is 2.05. The Bertz CT molecular complexity index is 359. The lowest BCUT2D eigenvalue weighted by Crippen LogP contribution is -2.44. The molecule has 1 aliphatic rings. The molecular weight excluding hydrogens is 234 g/mol. The number of hydrogen-bond donors (Lipinski definition) is 1. The van der Waals surface area contributed by atoms with Crippen LogP contribution >= 0.6 is 11.3 Å². The molecule has 2 rings (SSSR count). The molecule has 0 amide bonds. The van der Waals surface area contributed by atoms with Crippen molar-refractivity contribution in [1.29, 1.82) is 0 Å². The first-order chi connectivity index (χ1) is 8.24. The van der Waals surface area contributed by atoms with E-state index in [-0.39, 0.29) is 6.61 Å². The predicted molar refractivity (Wildman–Crippen MR) is 71.7 cm³/mol. The molecule has 0 atom stereocenters. The van der Waals surface area contributed by atoms with Gasteiger partial charge in [-0.1, -0.05) is 24.7 Å². The van der Waals surface area contributed by atoms with Crippen molar-refractivity contribution in [2.24, 2.45) is 0 Å². The fourth-order valence-corrected chi connectivity index (χ4v) is 3.08. The first kappa shape index (κ1) is 12.8. The Kier molecular flexibility index (Phi) is 4.36. The molecule has 17 heavy (non-hydrogen) atoms. The number of anilines is 1. The number of aliphatic hydroxyl groups is 1. The summed E-state index contributed by atoms with van der Waals surface area (Å²) in [5, 5.41) is 10.4. The third kappa shape index (κ3) is 2.97. The second kappa shape index (κ2) is 5.80. The topological polar surface area (TPSA) is 39.6 Å². The monoisotopic (exact) mass is 255 g/mol. The zero-order valence-electron chi connectivity index (χ0n) is 10.6. The van der Waals surface area contributed by atoms with Crippen molar-refractivity contribution < 1.29 is 5.11 Å². The summed E-state index contributed by atoms with van der Waals surface area (Å²) in [5.74, 6) is 0. The number of aromatic nitrogens is 1. The van der Waals surface area contributed by atoms with Crippen molar-refractivity contribution in [3.63, 3.8) is 0 Å². The number of rotatable bonds is 4. The van der Waals surface area contributed by atoms with Crippen LogP contribution in [0.25, 0.3) is 0 Å². The van der Waals surface area contributed by atoms with Crippen LogP contribution in [0.3, 0.4) is 0 Å². The summed E-state index contributed by atoms with van der Waals surface area (Å²) in [5.41, 5.74) is 1.09. The molecule has 1 saturated heterocycles. The van der Waals surface area contributed by atoms with Gasteiger partial charge in [-0.3, -0.25) is 0 Å². The van der Waals surface area contributed by atoms with Crippen LogP contribution in [0, 0.1) is 0 Å². The lowest BCUT2D eigenvalue weighted by Gasteiger charge is -2.32. The van der Waals surface area contributed by atoms with Gasteiger partial charge in [-0.25, -0.2) is 4.98 Å². The maximum Gasteiger partial charge on any atom is 0.185 e. The van der Waals surface area contributed by atoms with E-state index < -0.39 is 0 Å². The fourth-order valence-electron chi connectivity index (χ4n) is 2.06. The number of piperazine rings is 1. The highest BCUT2D eigenvalue weighted by Crippen LogP contribution is 2.27. The smallest absolute Gasteiger partial charge is 0.185 e. The summed E-state index contributed by atoms with van der Waals surface area (Å²) in [6.45, 7) is 6.55. The van der Waals surface area contributed by atoms with E-state index in [9.17, 15) is 5.11 Å². The molecular formula is C12H21N3OS. The summed E-state index contributed by atoms with van der Waals surface area (Å²) in [4.78, 5) is 10.4. The van der Waals surface area contributed by atoms with Crippen LogP contribution in [0.2, 0.25) is 0 Å². The van der Waals surface area contributed by atoms with Crippen molar-refractivity contribution in [2.45, 2.75) is 26.4 Å². The van der Waals surface area contributed by atoms with E-state index in [0.29, 0.717) is 0 Å². The van der Waals surface area contributed by atoms with Gasteiger partial charge in [0.05, 0.1) is 17.2 Å². The quantitative estimate of drug-likeness (QED) is 0.881. The minimum atomic E-state index is 0.126. The Morgan fingerprint density at radius 3 is 2.59 bits per heavy atom. The van der Waals surface area contributed by atoms with Gasteiger partial charge in [0, 0.05) is 26.2 Å². The van der Waals surface area contributed by atoms with E-state index >= 15 is 0 Å². The fraction of sp³-hybridized carbons (Fsp3) is 0.750. The number of aryl methyl sites for hydroxylation is 1. The van der Waals surface area contributed by atoms with Crippen molar-refractivity contribution >= 4 is 16.5 Å². The molecule has 4 nitrogen and oxygen atoms in total. The first-order valence-electron chi connectivity index (χ1n) is 6.27. The largest absolute Gasteiger partial charge is 0.391 e. The van der Waals surface area contributed by atoms with Crippen molar-refractivity contribution in [2.75, 3.05) is 38.1 Å². The third-order valence-electron chi connectivity index (χ3n) is 3.17. The molecule has 1 aromatic rings. The third-order valence-corrected chi connectivity index (χ3v) is 4.31. The van der Waals surface area contributed by atoms with Gasteiger partial charge in [-0.2, -0.15) is 0 Å². The second-order valence-corrected chi connectivity index (χ2v) is 5.63. The molecule has 2 heterocycles. The lowest BCUT2D eigenvalue weighted by molar-refractivity contribution is 0.284. The van der Waals surface area contributed by atoms with E-state index in [4.69, 9.17) is 0 Å². The maximum absolute atomic E-state index is 9.34. The van der Waals surface area contributed by atoms with Gasteiger partial charge in [0.25, 0.3) is 0 Å². The number of hydrogen-bond acceptors (Lipinski definition) is 5. The number of likely N-dealkylation sites (N-methyl/N-ethyl adjacent to an activating group) is 1. The van der Waals surface area contributed by atoms with Crippen molar-refractivity contribution in [3.8, 4) is 0 Å². The predicted octanol–water partition coefficient (Wildman–Crippen LogP) is 1.34. The highest BCUT2D eigenvalue weighted by molar-refractivity contribution is 7.15. The Morgan fingerprint density at radius 2 is 2.00 bits per heavy atom. The molecule has 1 fully saturated rings. The van der Waals surface area contributed by atoms with Crippen molar-refractivity contribution in [1.82, 2.24) is 9.88 Å². The zero-order chi connectivity index (χ0) is 12.3. The Labute approximate surface area is 107 Å². The van der Waals surface area contributed by atoms with Crippen LogP contribution in [-0.2, 0) is 13.0 Å². The molecule has 0 bridgehead atoms. The molecule has 5 heteroatoms. The zero-order valence-corrected chi connectivity index (χ0v) is 11.5. The van der Waals surface area contributed by atoms with Crippen LogP contribution in [0.5, 0.6) is 0 Å². The van der Waals surface area contributed by atoms with E-state index in [1.165, 1.54) is 0 Å². The van der Waals surface area contributed by atoms with Crippen LogP contribution in [0.1, 0.15) is 23.9 Å². The maximum atomic E-state index is 9.34. The van der Waals surface area contributed by atoms with Gasteiger partial charge < -0.3 is 14.9 Å². The molecule has 1 aromatic heterocycles. The number of nitrogens with zero attached hydrogens (tertiary/aromatic N) is 3. The van der Waals surface area contributed by atoms with Crippen LogP contribution < -0.4 is 4.90 Å². The molecule has 0 saturated carbocycles. The highest BCUT2D eigenvalue weighted by Gasteiger charge is 2.19. The summed E-state index contributed by atoms with van der Waals surface area (Å²) in [7, 11) is 2.15. The van der Waals surface area contributed by atoms with Gasteiger partial charge in [0.2, 0.25) is 0 Å². The van der Waals surface area contributed by atoms with Crippen molar-refractivity contribution in [3.05, 3.63) is 10.6 Å². The average molecular weight is 255 g/mol. The van der Waals surface area contributed by atoms with E-state index in [1.54, 1.807) is 11.3 Å². The molecule has 0 aromatic carbocycles. The van der Waals surface area contributed by atoms with Gasteiger partial charge in [-0.05, 0) is 13.5 Å². The molecule has 0 unspecified atom stereocenters. The average Bonchev–Trinajstić information content (AvgIpc) is 2.74. The minimum absolute atomic E-state index is 0.126. The highest BCUT2D eigenvalue weighted by atomic mass is 32.1. The van der Waals surface area contributed by atoms with E-state index in [2.05, 4.69) is 28.8 Å². The Morgan fingerprint density at radius 1 is 1.29 bits per heavy atom. The van der Waals surface area contributed by atoms with Crippen LogP contribution in [0.15, 0.2) is 0 Å². The Hall–Kier alpha value is -0.650. The molecule has 0 spiro atoms. The first-order valence-corrected chi connectivity index (χ1v) is 7.09. The molecule has 0 aliphatic carbocycles. The summed E-state index contributed by atoms with van der Waals surface area (Å²) < 4.78 is 0. The molecule has 1 N–H and O–H groups in total. The van der Waals surface area contributed by atoms with Gasteiger partial charge >= 0.3 is 0 Å². The summed E-state index contributed by atoms with van der Waals surface area (Å²) in [6, 6.07) is 0. The molecule has 1 aliphatic heterocycles. The normalized spacial score (nSPS) is 17.7. The Balaban J connectivity index is 2.10. The second-order valence-electron chi connectivity index (χ2n) is 4.56. The molecule has 0 radical (unpaired) electrons. The number of thiazole rings is 1. The van der Waals surface area contributed by atoms with Gasteiger partial charge in [0.1, 0.15) is 0 Å². The van der Waals surface area contributed by atoms with E-state index in [1.807, 2.05) is 0 Å². The van der Waals surface area contributed by atoms with E-state index in [0.717, 1.165) is 54.7 Å². The summed E-state index contributed by atoms with van der Waals surface area (Å²) >= 11 is 1.65. The van der Waals surface area contributed by atoms with Gasteiger partial charge in [-0.15, -0.1) is 0 Å². The number of aliphatic hydroxyl groups excluding tert-OH is 1. The van der Waals surface area contributed by atoms with Gasteiger partial charge in [0.15, 0.2) is 5.13 Å².